The molecule has 0 atom stereocenters. The van der Waals surface area contributed by atoms with E-state index in [1.54, 1.807) is 0 Å². The molecule has 2 heterocycles. The highest BCUT2D eigenvalue weighted by Gasteiger charge is 2.27. The Bertz CT molecular complexity index is 571. The summed E-state index contributed by atoms with van der Waals surface area (Å²) in [5, 5.41) is 0. The Kier molecular flexibility index (Phi) is 5.88. The van der Waals surface area contributed by atoms with Crippen LogP contribution < -0.4 is 4.90 Å². The zero-order chi connectivity index (χ0) is 17.0. The van der Waals surface area contributed by atoms with Gasteiger partial charge in [-0.05, 0) is 20.3 Å². The standard InChI is InChI=1S/C18H29N3O2/c1-6-8-19(5)18(22)17-14(3)16(15(4)21(17)9-7-2)20-10-12-23-13-11-20/h7H,2,6,8-13H2,1,3-5H3. The molecule has 1 fully saturated rings. The van der Waals surface area contributed by atoms with Crippen molar-refractivity contribution >= 4 is 11.6 Å². The minimum Gasteiger partial charge on any atom is -0.378 e. The third-order valence-corrected chi connectivity index (χ3v) is 4.48. The fraction of sp³-hybridized carbons (Fsp3) is 0.611. The molecule has 0 spiro atoms. The number of morpholine rings is 1. The van der Waals surface area contributed by atoms with E-state index in [4.69, 9.17) is 4.74 Å². The third-order valence-electron chi connectivity index (χ3n) is 4.48. The molecular formula is C18H29N3O2. The zero-order valence-corrected chi connectivity index (χ0v) is 14.9. The zero-order valence-electron chi connectivity index (χ0n) is 14.9. The van der Waals surface area contributed by atoms with Crippen LogP contribution in [0.25, 0.3) is 0 Å². The van der Waals surface area contributed by atoms with Gasteiger partial charge in [0.2, 0.25) is 0 Å². The molecule has 0 unspecified atom stereocenters. The number of allylic oxidation sites excluding steroid dienone is 1. The minimum absolute atomic E-state index is 0.0915. The molecule has 5 nitrogen and oxygen atoms in total. The van der Waals surface area contributed by atoms with Crippen LogP contribution in [-0.2, 0) is 11.3 Å². The Hall–Kier alpha value is -1.75. The molecule has 2 rings (SSSR count). The molecule has 1 amide bonds. The van der Waals surface area contributed by atoms with Crippen molar-refractivity contribution in [1.29, 1.82) is 0 Å². The molecule has 1 aliphatic heterocycles. The van der Waals surface area contributed by atoms with Gasteiger partial charge in [0.1, 0.15) is 5.69 Å². The highest BCUT2D eigenvalue weighted by molar-refractivity contribution is 5.96. The highest BCUT2D eigenvalue weighted by Crippen LogP contribution is 2.32. The summed E-state index contributed by atoms with van der Waals surface area (Å²) in [4.78, 5) is 17.1. The monoisotopic (exact) mass is 319 g/mol. The first kappa shape index (κ1) is 17.6. The number of carbonyl (C=O) groups excluding carboxylic acids is 1. The van der Waals surface area contributed by atoms with Crippen LogP contribution in [0.2, 0.25) is 0 Å². The molecule has 0 aromatic carbocycles. The number of hydrogen-bond acceptors (Lipinski definition) is 3. The Morgan fingerprint density at radius 3 is 2.57 bits per heavy atom. The maximum atomic E-state index is 12.9. The normalized spacial score (nSPS) is 14.9. The van der Waals surface area contributed by atoms with Crippen LogP contribution in [0.15, 0.2) is 12.7 Å². The van der Waals surface area contributed by atoms with Gasteiger partial charge < -0.3 is 19.1 Å². The molecule has 1 saturated heterocycles. The molecule has 0 radical (unpaired) electrons. The molecule has 0 saturated carbocycles. The lowest BCUT2D eigenvalue weighted by molar-refractivity contribution is 0.0784. The number of nitrogens with zero attached hydrogens (tertiary/aromatic N) is 3. The van der Waals surface area contributed by atoms with Gasteiger partial charge in [0.25, 0.3) is 5.91 Å². The molecule has 1 aromatic heterocycles. The first-order valence-corrected chi connectivity index (χ1v) is 8.41. The second kappa shape index (κ2) is 7.68. The average molecular weight is 319 g/mol. The fourth-order valence-corrected chi connectivity index (χ4v) is 3.39. The Morgan fingerprint density at radius 2 is 2.00 bits per heavy atom. The number of carbonyl (C=O) groups is 1. The summed E-state index contributed by atoms with van der Waals surface area (Å²) in [5.74, 6) is 0.0915. The van der Waals surface area contributed by atoms with Crippen LogP contribution in [-0.4, -0.2) is 55.3 Å². The number of rotatable bonds is 6. The van der Waals surface area contributed by atoms with E-state index in [0.717, 1.165) is 56.2 Å². The number of ether oxygens (including phenoxy) is 1. The number of anilines is 1. The summed E-state index contributed by atoms with van der Waals surface area (Å²) in [5.41, 5.74) is 4.18. The van der Waals surface area contributed by atoms with Gasteiger partial charge in [-0.1, -0.05) is 13.0 Å². The quantitative estimate of drug-likeness (QED) is 0.757. The van der Waals surface area contributed by atoms with Gasteiger partial charge >= 0.3 is 0 Å². The number of hydrogen-bond donors (Lipinski definition) is 0. The van der Waals surface area contributed by atoms with Crippen molar-refractivity contribution < 1.29 is 9.53 Å². The van der Waals surface area contributed by atoms with Gasteiger partial charge in [-0.2, -0.15) is 0 Å². The average Bonchev–Trinajstić information content (AvgIpc) is 2.79. The van der Waals surface area contributed by atoms with Gasteiger partial charge in [-0.15, -0.1) is 6.58 Å². The Labute approximate surface area is 139 Å². The summed E-state index contributed by atoms with van der Waals surface area (Å²) >= 11 is 0. The second-order valence-corrected chi connectivity index (χ2v) is 6.13. The van der Waals surface area contributed by atoms with Gasteiger partial charge in [0.05, 0.1) is 18.9 Å². The van der Waals surface area contributed by atoms with Crippen molar-refractivity contribution in [2.45, 2.75) is 33.7 Å². The summed E-state index contributed by atoms with van der Waals surface area (Å²) in [6.07, 6.45) is 2.81. The predicted molar refractivity (Wildman–Crippen MR) is 94.4 cm³/mol. The van der Waals surface area contributed by atoms with E-state index in [-0.39, 0.29) is 5.91 Å². The molecule has 0 N–H and O–H groups in total. The largest absolute Gasteiger partial charge is 0.378 e. The van der Waals surface area contributed by atoms with E-state index < -0.39 is 0 Å². The Morgan fingerprint density at radius 1 is 1.35 bits per heavy atom. The first-order valence-electron chi connectivity index (χ1n) is 8.41. The maximum absolute atomic E-state index is 12.9. The summed E-state index contributed by atoms with van der Waals surface area (Å²) in [6, 6.07) is 0. The maximum Gasteiger partial charge on any atom is 0.270 e. The van der Waals surface area contributed by atoms with Crippen molar-refractivity contribution in [3.8, 4) is 0 Å². The van der Waals surface area contributed by atoms with Crippen molar-refractivity contribution in [1.82, 2.24) is 9.47 Å². The smallest absolute Gasteiger partial charge is 0.270 e. The molecule has 1 aromatic rings. The Balaban J connectivity index is 2.47. The van der Waals surface area contributed by atoms with E-state index in [0.29, 0.717) is 6.54 Å². The van der Waals surface area contributed by atoms with E-state index >= 15 is 0 Å². The molecule has 1 aliphatic rings. The lowest BCUT2D eigenvalue weighted by Gasteiger charge is -2.29. The van der Waals surface area contributed by atoms with E-state index in [9.17, 15) is 4.79 Å². The van der Waals surface area contributed by atoms with E-state index in [1.165, 1.54) is 5.69 Å². The molecule has 5 heteroatoms. The molecule has 0 aliphatic carbocycles. The molecule has 0 bridgehead atoms. The fourth-order valence-electron chi connectivity index (χ4n) is 3.39. The topological polar surface area (TPSA) is 37.7 Å². The number of amides is 1. The lowest BCUT2D eigenvalue weighted by atomic mass is 10.1. The summed E-state index contributed by atoms with van der Waals surface area (Å²) < 4.78 is 7.56. The van der Waals surface area contributed by atoms with E-state index in [2.05, 4.69) is 36.8 Å². The molecular weight excluding hydrogens is 290 g/mol. The van der Waals surface area contributed by atoms with Gasteiger partial charge in [-0.3, -0.25) is 4.79 Å². The van der Waals surface area contributed by atoms with Gasteiger partial charge in [0, 0.05) is 44.5 Å². The van der Waals surface area contributed by atoms with Crippen LogP contribution in [0.4, 0.5) is 5.69 Å². The first-order chi connectivity index (χ1) is 11.0. The van der Waals surface area contributed by atoms with Crippen LogP contribution in [0, 0.1) is 13.8 Å². The van der Waals surface area contributed by atoms with E-state index in [1.807, 2.05) is 18.0 Å². The second-order valence-electron chi connectivity index (χ2n) is 6.13. The van der Waals surface area contributed by atoms with Crippen molar-refractivity contribution in [2.24, 2.45) is 0 Å². The third kappa shape index (κ3) is 3.44. The van der Waals surface area contributed by atoms with Crippen LogP contribution >= 0.6 is 0 Å². The van der Waals surface area contributed by atoms with Crippen molar-refractivity contribution in [3.05, 3.63) is 29.6 Å². The predicted octanol–water partition coefficient (Wildman–Crippen LogP) is 2.61. The van der Waals surface area contributed by atoms with Gasteiger partial charge in [0.15, 0.2) is 0 Å². The SMILES string of the molecule is C=CCn1c(C)c(N2CCOCC2)c(C)c1C(=O)N(C)CCC. The lowest BCUT2D eigenvalue weighted by Crippen LogP contribution is -2.36. The van der Waals surface area contributed by atoms with Gasteiger partial charge in [-0.25, -0.2) is 0 Å². The summed E-state index contributed by atoms with van der Waals surface area (Å²) in [6.45, 7) is 14.7. The summed E-state index contributed by atoms with van der Waals surface area (Å²) in [7, 11) is 1.88. The van der Waals surface area contributed by atoms with Crippen LogP contribution in [0.5, 0.6) is 0 Å². The van der Waals surface area contributed by atoms with Crippen LogP contribution in [0.3, 0.4) is 0 Å². The molecule has 23 heavy (non-hydrogen) atoms. The highest BCUT2D eigenvalue weighted by atomic mass is 16.5. The molecule has 128 valence electrons. The minimum atomic E-state index is 0.0915. The van der Waals surface area contributed by atoms with Crippen LogP contribution in [0.1, 0.15) is 35.1 Å². The van der Waals surface area contributed by atoms with Crippen molar-refractivity contribution in [2.75, 3.05) is 44.8 Å². The van der Waals surface area contributed by atoms with Crippen molar-refractivity contribution in [3.63, 3.8) is 0 Å². The number of aromatic nitrogens is 1.